The molecule has 2 aromatic rings. The van der Waals surface area contributed by atoms with E-state index in [9.17, 15) is 19.2 Å². The lowest BCUT2D eigenvalue weighted by Crippen LogP contribution is -2.46. The van der Waals surface area contributed by atoms with Crippen molar-refractivity contribution in [3.63, 3.8) is 0 Å². The van der Waals surface area contributed by atoms with Crippen molar-refractivity contribution < 1.29 is 33.4 Å². The molecule has 2 heterocycles. The fourth-order valence-corrected chi connectivity index (χ4v) is 5.97. The number of hydrogen-bond acceptors (Lipinski definition) is 9. The average Bonchev–Trinajstić information content (AvgIpc) is 3.71. The van der Waals surface area contributed by atoms with Crippen LogP contribution in [0.5, 0.6) is 11.5 Å². The van der Waals surface area contributed by atoms with Gasteiger partial charge in [0.15, 0.2) is 18.1 Å². The standard InChI is InChI=1S/C31H42N4O7S/c1-4-41-30(39)31(16-22-7-8-22)17-23-9-10-25(40-3)26(14-23)42-18-28(37)32-11-13-35(12-5-6-27(36)33-20-31)29(38)15-24-19-43-21(2)34-24/h9-10,14,19,22H,4-8,11-13,15-18,20H2,1-3H3,(H,32,37)(H,33,36). The molecule has 3 amide bonds. The highest BCUT2D eigenvalue weighted by molar-refractivity contribution is 7.09. The van der Waals surface area contributed by atoms with E-state index in [4.69, 9.17) is 14.2 Å². The molecule has 1 atom stereocenters. The molecule has 1 unspecified atom stereocenters. The number of nitrogens with zero attached hydrogens (tertiary/aromatic N) is 2. The number of amides is 3. The molecule has 0 spiro atoms. The summed E-state index contributed by atoms with van der Waals surface area (Å²) in [6.07, 6.45) is 3.75. The van der Waals surface area contributed by atoms with Gasteiger partial charge in [-0.25, -0.2) is 4.98 Å². The molecule has 1 aromatic heterocycles. The van der Waals surface area contributed by atoms with Crippen LogP contribution >= 0.6 is 11.3 Å². The lowest BCUT2D eigenvalue weighted by atomic mass is 9.76. The lowest BCUT2D eigenvalue weighted by Gasteiger charge is -2.32. The summed E-state index contributed by atoms with van der Waals surface area (Å²) in [5.41, 5.74) is 0.545. The van der Waals surface area contributed by atoms with Crippen molar-refractivity contribution >= 4 is 35.0 Å². The Kier molecular flexibility index (Phi) is 11.4. The van der Waals surface area contributed by atoms with Gasteiger partial charge in [-0.1, -0.05) is 18.9 Å². The Hall–Kier alpha value is -3.67. The molecule has 1 aliphatic carbocycles. The van der Waals surface area contributed by atoms with Crippen LogP contribution in [0, 0.1) is 18.3 Å². The summed E-state index contributed by atoms with van der Waals surface area (Å²) in [6.45, 7) is 4.64. The molecule has 234 valence electrons. The summed E-state index contributed by atoms with van der Waals surface area (Å²) in [5.74, 6) is 0.210. The minimum Gasteiger partial charge on any atom is -0.493 e. The Balaban J connectivity index is 1.57. The number of methoxy groups -OCH3 is 1. The molecule has 12 heteroatoms. The second kappa shape index (κ2) is 15.2. The Morgan fingerprint density at radius 3 is 2.70 bits per heavy atom. The fourth-order valence-electron chi connectivity index (χ4n) is 5.36. The summed E-state index contributed by atoms with van der Waals surface area (Å²) < 4.78 is 16.9. The molecule has 11 nitrogen and oxygen atoms in total. The second-order valence-corrected chi connectivity index (χ2v) is 12.3. The van der Waals surface area contributed by atoms with Crippen molar-refractivity contribution in [1.29, 1.82) is 0 Å². The number of thiazole rings is 1. The van der Waals surface area contributed by atoms with Crippen LogP contribution < -0.4 is 20.1 Å². The topological polar surface area (TPSA) is 136 Å². The largest absolute Gasteiger partial charge is 0.493 e. The van der Waals surface area contributed by atoms with Crippen molar-refractivity contribution in [2.75, 3.05) is 46.5 Å². The van der Waals surface area contributed by atoms with Gasteiger partial charge in [0.1, 0.15) is 0 Å². The van der Waals surface area contributed by atoms with Gasteiger partial charge in [-0.15, -0.1) is 11.3 Å². The first-order valence-electron chi connectivity index (χ1n) is 14.9. The average molecular weight is 615 g/mol. The molecule has 1 aliphatic heterocycles. The number of nitrogens with one attached hydrogen (secondary N) is 2. The van der Waals surface area contributed by atoms with E-state index < -0.39 is 5.41 Å². The number of esters is 1. The van der Waals surface area contributed by atoms with Crippen molar-refractivity contribution in [3.05, 3.63) is 39.8 Å². The van der Waals surface area contributed by atoms with E-state index in [1.807, 2.05) is 18.4 Å². The molecule has 0 saturated heterocycles. The van der Waals surface area contributed by atoms with Crippen molar-refractivity contribution in [2.24, 2.45) is 11.3 Å². The molecule has 2 aliphatic rings. The Morgan fingerprint density at radius 1 is 1.19 bits per heavy atom. The molecule has 2 bridgehead atoms. The first kappa shape index (κ1) is 32.2. The number of rotatable bonds is 7. The number of aromatic nitrogens is 1. The van der Waals surface area contributed by atoms with Crippen molar-refractivity contribution in [1.82, 2.24) is 20.5 Å². The van der Waals surface area contributed by atoms with E-state index in [0.29, 0.717) is 48.9 Å². The van der Waals surface area contributed by atoms with E-state index in [1.54, 1.807) is 24.0 Å². The summed E-state index contributed by atoms with van der Waals surface area (Å²) in [6, 6.07) is 5.39. The van der Waals surface area contributed by atoms with Crippen LogP contribution in [0.4, 0.5) is 0 Å². The normalized spacial score (nSPS) is 20.6. The van der Waals surface area contributed by atoms with Gasteiger partial charge < -0.3 is 29.7 Å². The van der Waals surface area contributed by atoms with Crippen molar-refractivity contribution in [2.45, 2.75) is 58.8 Å². The molecule has 1 fully saturated rings. The van der Waals surface area contributed by atoms with Gasteiger partial charge >= 0.3 is 5.97 Å². The van der Waals surface area contributed by atoms with Crippen LogP contribution in [0.25, 0.3) is 0 Å². The minimum atomic E-state index is -0.963. The maximum atomic E-state index is 13.5. The van der Waals surface area contributed by atoms with Crippen LogP contribution in [-0.2, 0) is 36.8 Å². The van der Waals surface area contributed by atoms with Gasteiger partial charge in [-0.2, -0.15) is 0 Å². The lowest BCUT2D eigenvalue weighted by molar-refractivity contribution is -0.156. The number of aryl methyl sites for hydroxylation is 1. The van der Waals surface area contributed by atoms with E-state index in [1.165, 1.54) is 18.4 Å². The van der Waals surface area contributed by atoms with Gasteiger partial charge in [0.2, 0.25) is 11.8 Å². The van der Waals surface area contributed by atoms with Crippen LogP contribution in [0.1, 0.15) is 55.3 Å². The van der Waals surface area contributed by atoms with E-state index in [-0.39, 0.29) is 69.4 Å². The third-order valence-corrected chi connectivity index (χ3v) is 8.55. The number of fused-ring (bicyclic) bond motifs is 2. The molecule has 2 N–H and O–H groups in total. The zero-order chi connectivity index (χ0) is 30.8. The van der Waals surface area contributed by atoms with Gasteiger partial charge in [0.25, 0.3) is 5.91 Å². The number of carbonyl (C=O) groups excluding carboxylic acids is 4. The summed E-state index contributed by atoms with van der Waals surface area (Å²) in [5, 5.41) is 8.57. The minimum absolute atomic E-state index is 0.127. The molecule has 1 aromatic carbocycles. The SMILES string of the molecule is CCOC(=O)C1(CC2CC2)CNC(=O)CCCN(C(=O)Cc2csc(C)n2)CCNC(=O)COc2cc(ccc2OC)C1. The predicted octanol–water partition coefficient (Wildman–Crippen LogP) is 2.83. The molecular formula is C31H42N4O7S. The molecular weight excluding hydrogens is 572 g/mol. The zero-order valence-electron chi connectivity index (χ0n) is 25.2. The van der Waals surface area contributed by atoms with Crippen molar-refractivity contribution in [3.8, 4) is 11.5 Å². The fraction of sp³-hybridized carbons (Fsp3) is 0.581. The van der Waals surface area contributed by atoms with Gasteiger partial charge in [-0.3, -0.25) is 19.2 Å². The molecule has 43 heavy (non-hydrogen) atoms. The highest BCUT2D eigenvalue weighted by atomic mass is 32.1. The first-order valence-corrected chi connectivity index (χ1v) is 15.8. The maximum Gasteiger partial charge on any atom is 0.314 e. The smallest absolute Gasteiger partial charge is 0.314 e. The van der Waals surface area contributed by atoms with Gasteiger partial charge in [0.05, 0.1) is 36.3 Å². The van der Waals surface area contributed by atoms with E-state index >= 15 is 0 Å². The van der Waals surface area contributed by atoms with Crippen LogP contribution in [0.3, 0.4) is 0 Å². The number of carbonyl (C=O) groups is 4. The molecule has 1 saturated carbocycles. The second-order valence-electron chi connectivity index (χ2n) is 11.2. The molecule has 4 rings (SSSR count). The predicted molar refractivity (Wildman–Crippen MR) is 161 cm³/mol. The van der Waals surface area contributed by atoms with Crippen LogP contribution in [0.2, 0.25) is 0 Å². The van der Waals surface area contributed by atoms with Gasteiger partial charge in [-0.05, 0) is 56.7 Å². The monoisotopic (exact) mass is 614 g/mol. The first-order chi connectivity index (χ1) is 20.7. The highest BCUT2D eigenvalue weighted by Crippen LogP contribution is 2.43. The third kappa shape index (κ3) is 9.41. The summed E-state index contributed by atoms with van der Waals surface area (Å²) in [7, 11) is 1.52. The van der Waals surface area contributed by atoms with Crippen LogP contribution in [0.15, 0.2) is 23.6 Å². The number of ether oxygens (including phenoxy) is 3. The van der Waals surface area contributed by atoms with Crippen LogP contribution in [-0.4, -0.2) is 80.1 Å². The Morgan fingerprint density at radius 2 is 2.00 bits per heavy atom. The maximum absolute atomic E-state index is 13.5. The molecule has 0 radical (unpaired) electrons. The quantitative estimate of drug-likeness (QED) is 0.455. The Labute approximate surface area is 256 Å². The summed E-state index contributed by atoms with van der Waals surface area (Å²) >= 11 is 1.48. The van der Waals surface area contributed by atoms with E-state index in [0.717, 1.165) is 23.4 Å². The highest BCUT2D eigenvalue weighted by Gasteiger charge is 2.44. The number of hydrogen-bond donors (Lipinski definition) is 2. The van der Waals surface area contributed by atoms with E-state index in [2.05, 4.69) is 15.6 Å². The Bertz CT molecular complexity index is 1290. The number of benzene rings is 1. The third-order valence-electron chi connectivity index (χ3n) is 7.73. The zero-order valence-corrected chi connectivity index (χ0v) is 26.1. The van der Waals surface area contributed by atoms with Gasteiger partial charge in [0, 0.05) is 38.0 Å². The summed E-state index contributed by atoms with van der Waals surface area (Å²) in [4.78, 5) is 58.4.